The summed E-state index contributed by atoms with van der Waals surface area (Å²) < 4.78 is 6.17. The largest absolute Gasteiger partial charge is 0.353 e. The molecule has 1 aliphatic heterocycles. The van der Waals surface area contributed by atoms with E-state index < -0.39 is 11.8 Å². The van der Waals surface area contributed by atoms with E-state index in [0.29, 0.717) is 5.56 Å². The van der Waals surface area contributed by atoms with E-state index in [9.17, 15) is 9.59 Å². The topological polar surface area (TPSA) is 58.6 Å². The molecule has 3 rings (SSSR count). The van der Waals surface area contributed by atoms with Crippen molar-refractivity contribution in [1.29, 1.82) is 0 Å². The lowest BCUT2D eigenvalue weighted by molar-refractivity contribution is -0.127. The number of rotatable bonds is 5. The minimum atomic E-state index is -0.629. The van der Waals surface area contributed by atoms with Gasteiger partial charge in [0.05, 0.1) is 6.61 Å². The second kappa shape index (κ2) is 8.42. The molecule has 5 nitrogen and oxygen atoms in total. The summed E-state index contributed by atoms with van der Waals surface area (Å²) in [7, 11) is 0. The number of ether oxygens (including phenoxy) is 1. The summed E-state index contributed by atoms with van der Waals surface area (Å²) in [6.07, 6.45) is 6.61. The number of nitrogens with one attached hydrogen (secondary N) is 1. The molecular formula is C22H32N2O3. The lowest BCUT2D eigenvalue weighted by Crippen LogP contribution is -2.57. The molecule has 1 heterocycles. The van der Waals surface area contributed by atoms with Gasteiger partial charge in [-0.25, -0.2) is 0 Å². The van der Waals surface area contributed by atoms with E-state index in [0.717, 1.165) is 44.9 Å². The molecule has 5 heteroatoms. The van der Waals surface area contributed by atoms with E-state index in [-0.39, 0.29) is 24.5 Å². The van der Waals surface area contributed by atoms with Crippen LogP contribution in [0.5, 0.6) is 0 Å². The lowest BCUT2D eigenvalue weighted by atomic mass is 9.89. The Balaban J connectivity index is 1.89. The molecule has 1 aromatic rings. The number of nitrogens with zero attached hydrogens (tertiary/aromatic N) is 1. The fourth-order valence-electron chi connectivity index (χ4n) is 4.13. The Kier molecular flexibility index (Phi) is 6.20. The summed E-state index contributed by atoms with van der Waals surface area (Å²) in [6, 6.07) is 7.26. The molecule has 2 aliphatic rings. The Morgan fingerprint density at radius 2 is 1.85 bits per heavy atom. The highest BCUT2D eigenvalue weighted by Gasteiger charge is 2.53. The van der Waals surface area contributed by atoms with E-state index in [1.807, 2.05) is 38.1 Å². The van der Waals surface area contributed by atoms with Crippen LogP contribution >= 0.6 is 0 Å². The summed E-state index contributed by atoms with van der Waals surface area (Å²) in [5.74, 6) is -0.202. The first kappa shape index (κ1) is 19.9. The van der Waals surface area contributed by atoms with Gasteiger partial charge in [0.2, 0.25) is 5.91 Å². The van der Waals surface area contributed by atoms with Crippen LogP contribution in [0.4, 0.5) is 0 Å². The van der Waals surface area contributed by atoms with Gasteiger partial charge in [-0.3, -0.25) is 14.5 Å². The molecule has 148 valence electrons. The zero-order chi connectivity index (χ0) is 19.4. The summed E-state index contributed by atoms with van der Waals surface area (Å²) in [6.45, 7) is 6.40. The summed E-state index contributed by atoms with van der Waals surface area (Å²) >= 11 is 0. The van der Waals surface area contributed by atoms with E-state index >= 15 is 0 Å². The average Bonchev–Trinajstić information content (AvgIpc) is 3.06. The van der Waals surface area contributed by atoms with Crippen molar-refractivity contribution >= 4 is 11.8 Å². The highest BCUT2D eigenvalue weighted by atomic mass is 16.5. The molecule has 0 aromatic heterocycles. The van der Waals surface area contributed by atoms with Crippen molar-refractivity contribution < 1.29 is 14.3 Å². The van der Waals surface area contributed by atoms with Gasteiger partial charge in [-0.15, -0.1) is 0 Å². The second-order valence-corrected chi connectivity index (χ2v) is 7.88. The monoisotopic (exact) mass is 372 g/mol. The van der Waals surface area contributed by atoms with Gasteiger partial charge in [0.25, 0.3) is 5.91 Å². The van der Waals surface area contributed by atoms with Gasteiger partial charge in [-0.1, -0.05) is 32.4 Å². The third-order valence-corrected chi connectivity index (χ3v) is 6.03. The Hall–Kier alpha value is -1.88. The minimum Gasteiger partial charge on any atom is -0.353 e. The zero-order valence-electron chi connectivity index (χ0n) is 16.8. The maximum absolute atomic E-state index is 13.5. The minimum absolute atomic E-state index is 0.0844. The molecule has 1 N–H and O–H groups in total. The summed E-state index contributed by atoms with van der Waals surface area (Å²) in [5, 5.41) is 3.04. The van der Waals surface area contributed by atoms with Crippen molar-refractivity contribution in [3.05, 3.63) is 35.4 Å². The Bertz CT molecular complexity index is 665. The first-order chi connectivity index (χ1) is 13.0. The van der Waals surface area contributed by atoms with Crippen molar-refractivity contribution in [3.63, 3.8) is 0 Å². The van der Waals surface area contributed by atoms with Crippen molar-refractivity contribution in [2.75, 3.05) is 6.61 Å². The van der Waals surface area contributed by atoms with Crippen LogP contribution in [-0.2, 0) is 16.0 Å². The predicted octanol–water partition coefficient (Wildman–Crippen LogP) is 3.67. The molecule has 1 aliphatic carbocycles. The standard InChI is InChI=1S/C22H32N2O3/c1-4-16(3)23-20(25)19-15-27-22(13-7-6-8-14-22)24(19)21(26)18-11-9-17(5-2)10-12-18/h9-12,16,19H,4-8,13-15H2,1-3H3,(H,23,25)/t16-,19-/m0/s1. The fourth-order valence-corrected chi connectivity index (χ4v) is 4.13. The lowest BCUT2D eigenvalue weighted by Gasteiger charge is -2.41. The van der Waals surface area contributed by atoms with Crippen LogP contribution in [-0.4, -0.2) is 41.1 Å². The molecule has 0 unspecified atom stereocenters. The van der Waals surface area contributed by atoms with Gasteiger partial charge in [0, 0.05) is 11.6 Å². The van der Waals surface area contributed by atoms with E-state index in [4.69, 9.17) is 4.74 Å². The number of benzene rings is 1. The van der Waals surface area contributed by atoms with Crippen LogP contribution in [0.3, 0.4) is 0 Å². The smallest absolute Gasteiger partial charge is 0.256 e. The van der Waals surface area contributed by atoms with Crippen molar-refractivity contribution in [1.82, 2.24) is 10.2 Å². The molecule has 1 saturated heterocycles. The Labute approximate surface area is 162 Å². The Morgan fingerprint density at radius 1 is 1.19 bits per heavy atom. The predicted molar refractivity (Wildman–Crippen MR) is 105 cm³/mol. The van der Waals surface area contributed by atoms with Crippen LogP contribution < -0.4 is 5.32 Å². The molecule has 27 heavy (non-hydrogen) atoms. The van der Waals surface area contributed by atoms with Gasteiger partial charge in [-0.05, 0) is 63.1 Å². The highest BCUT2D eigenvalue weighted by Crippen LogP contribution is 2.41. The van der Waals surface area contributed by atoms with Crippen LogP contribution in [0.2, 0.25) is 0 Å². The first-order valence-electron chi connectivity index (χ1n) is 10.4. The summed E-state index contributed by atoms with van der Waals surface area (Å²) in [5.41, 5.74) is 1.20. The van der Waals surface area contributed by atoms with Gasteiger partial charge in [-0.2, -0.15) is 0 Å². The van der Waals surface area contributed by atoms with Crippen molar-refractivity contribution in [2.45, 2.75) is 83.5 Å². The maximum atomic E-state index is 13.5. The van der Waals surface area contributed by atoms with Crippen molar-refractivity contribution in [3.8, 4) is 0 Å². The molecule has 1 aromatic carbocycles. The number of hydrogen-bond acceptors (Lipinski definition) is 3. The number of hydrogen-bond donors (Lipinski definition) is 1. The zero-order valence-corrected chi connectivity index (χ0v) is 16.8. The average molecular weight is 373 g/mol. The van der Waals surface area contributed by atoms with Crippen LogP contribution in [0.1, 0.15) is 75.2 Å². The molecule has 1 saturated carbocycles. The van der Waals surface area contributed by atoms with E-state index in [2.05, 4.69) is 12.2 Å². The number of carbonyl (C=O) groups is 2. The number of amides is 2. The van der Waals surface area contributed by atoms with E-state index in [1.165, 1.54) is 5.56 Å². The maximum Gasteiger partial charge on any atom is 0.256 e. The first-order valence-corrected chi connectivity index (χ1v) is 10.4. The number of aryl methyl sites for hydroxylation is 1. The van der Waals surface area contributed by atoms with Crippen molar-refractivity contribution in [2.24, 2.45) is 0 Å². The molecule has 1 spiro atoms. The number of carbonyl (C=O) groups excluding carboxylic acids is 2. The van der Waals surface area contributed by atoms with Gasteiger partial charge in [0.15, 0.2) is 0 Å². The normalized spacial score (nSPS) is 22.6. The third-order valence-electron chi connectivity index (χ3n) is 6.03. The van der Waals surface area contributed by atoms with E-state index in [1.54, 1.807) is 4.90 Å². The fraction of sp³-hybridized carbons (Fsp3) is 0.636. The molecular weight excluding hydrogens is 340 g/mol. The molecule has 2 atom stereocenters. The van der Waals surface area contributed by atoms with Crippen LogP contribution in [0.15, 0.2) is 24.3 Å². The third kappa shape index (κ3) is 4.03. The second-order valence-electron chi connectivity index (χ2n) is 7.88. The Morgan fingerprint density at radius 3 is 2.44 bits per heavy atom. The van der Waals surface area contributed by atoms with Crippen LogP contribution in [0, 0.1) is 0 Å². The SMILES string of the molecule is CCc1ccc(C(=O)N2[C@H](C(=O)N[C@@H](C)CC)COC23CCCCC3)cc1. The molecule has 2 fully saturated rings. The quantitative estimate of drug-likeness (QED) is 0.858. The van der Waals surface area contributed by atoms with Gasteiger partial charge >= 0.3 is 0 Å². The molecule has 2 amide bonds. The highest BCUT2D eigenvalue weighted by molar-refractivity contribution is 5.98. The summed E-state index contributed by atoms with van der Waals surface area (Å²) in [4.78, 5) is 28.1. The van der Waals surface area contributed by atoms with Gasteiger partial charge in [0.1, 0.15) is 11.8 Å². The molecule has 0 radical (unpaired) electrons. The van der Waals surface area contributed by atoms with Crippen LogP contribution in [0.25, 0.3) is 0 Å². The van der Waals surface area contributed by atoms with Gasteiger partial charge < -0.3 is 10.1 Å². The molecule has 0 bridgehead atoms.